The number of benzene rings is 2. The van der Waals surface area contributed by atoms with Gasteiger partial charge in [-0.2, -0.15) is 0 Å². The van der Waals surface area contributed by atoms with Gasteiger partial charge in [0.2, 0.25) is 0 Å². The SMILES string of the molecule is O=C(c1csc(C2CCN(C(=O)c3c(F)cccc3Cl)CC2)n1)N1CCN(Cc2ccccc2)CC1. The van der Waals surface area contributed by atoms with Gasteiger partial charge >= 0.3 is 0 Å². The maximum atomic E-state index is 14.2. The highest BCUT2D eigenvalue weighted by molar-refractivity contribution is 7.09. The summed E-state index contributed by atoms with van der Waals surface area (Å²) in [7, 11) is 0. The van der Waals surface area contributed by atoms with Crippen molar-refractivity contribution in [3.63, 3.8) is 0 Å². The normalized spacial score (nSPS) is 17.4. The first-order valence-corrected chi connectivity index (χ1v) is 13.5. The van der Waals surface area contributed by atoms with Crippen LogP contribution in [-0.4, -0.2) is 70.8 Å². The molecule has 0 N–H and O–H groups in total. The van der Waals surface area contributed by atoms with Crippen molar-refractivity contribution in [3.05, 3.63) is 86.6 Å². The van der Waals surface area contributed by atoms with E-state index in [-0.39, 0.29) is 28.3 Å². The van der Waals surface area contributed by atoms with Crippen molar-refractivity contribution in [2.45, 2.75) is 25.3 Å². The Labute approximate surface area is 219 Å². The number of piperidine rings is 1. The van der Waals surface area contributed by atoms with Crippen LogP contribution in [0.25, 0.3) is 0 Å². The molecule has 2 fully saturated rings. The molecule has 2 aromatic carbocycles. The number of amides is 2. The summed E-state index contributed by atoms with van der Waals surface area (Å²) >= 11 is 7.58. The number of carbonyl (C=O) groups is 2. The molecule has 2 aliphatic rings. The average Bonchev–Trinajstić information content (AvgIpc) is 3.40. The largest absolute Gasteiger partial charge is 0.338 e. The van der Waals surface area contributed by atoms with E-state index in [0.717, 1.165) is 37.5 Å². The Morgan fingerprint density at radius 1 is 0.917 bits per heavy atom. The van der Waals surface area contributed by atoms with Gasteiger partial charge < -0.3 is 9.80 Å². The number of halogens is 2. The number of nitrogens with zero attached hydrogens (tertiary/aromatic N) is 4. The summed E-state index contributed by atoms with van der Waals surface area (Å²) < 4.78 is 14.2. The van der Waals surface area contributed by atoms with Crippen LogP contribution in [0, 0.1) is 5.82 Å². The second kappa shape index (κ2) is 11.1. The molecule has 5 rings (SSSR count). The van der Waals surface area contributed by atoms with E-state index >= 15 is 0 Å². The minimum atomic E-state index is -0.599. The molecule has 0 radical (unpaired) electrons. The van der Waals surface area contributed by atoms with Crippen molar-refractivity contribution < 1.29 is 14.0 Å². The van der Waals surface area contributed by atoms with Gasteiger partial charge in [0, 0.05) is 57.1 Å². The van der Waals surface area contributed by atoms with Gasteiger partial charge in [-0.25, -0.2) is 9.37 Å². The number of piperazine rings is 1. The molecule has 188 valence electrons. The summed E-state index contributed by atoms with van der Waals surface area (Å²) in [6.07, 6.45) is 1.44. The molecule has 2 amide bonds. The highest BCUT2D eigenvalue weighted by Crippen LogP contribution is 2.32. The molecule has 9 heteroatoms. The minimum Gasteiger partial charge on any atom is -0.338 e. The number of carbonyl (C=O) groups excluding carboxylic acids is 2. The standard InChI is InChI=1S/C27H28ClFN4O2S/c28-21-7-4-8-22(29)24(21)27(35)32-11-9-20(10-12-32)25-30-23(18-36-25)26(34)33-15-13-31(14-16-33)17-19-5-2-1-3-6-19/h1-8,18,20H,9-17H2. The topological polar surface area (TPSA) is 56.8 Å². The molecule has 0 atom stereocenters. The Balaban J connectivity index is 1.13. The average molecular weight is 527 g/mol. The Morgan fingerprint density at radius 2 is 1.61 bits per heavy atom. The van der Waals surface area contributed by atoms with E-state index in [2.05, 4.69) is 34.1 Å². The zero-order valence-corrected chi connectivity index (χ0v) is 21.5. The maximum Gasteiger partial charge on any atom is 0.273 e. The fourth-order valence-electron chi connectivity index (χ4n) is 4.88. The molecule has 6 nitrogen and oxygen atoms in total. The number of hydrogen-bond donors (Lipinski definition) is 0. The van der Waals surface area contributed by atoms with Crippen molar-refractivity contribution in [2.24, 2.45) is 0 Å². The fraction of sp³-hybridized carbons (Fsp3) is 0.370. The lowest BCUT2D eigenvalue weighted by atomic mass is 9.97. The van der Waals surface area contributed by atoms with Crippen molar-refractivity contribution in [1.82, 2.24) is 19.7 Å². The molecular formula is C27H28ClFN4O2S. The summed E-state index contributed by atoms with van der Waals surface area (Å²) in [5.41, 5.74) is 1.72. The quantitative estimate of drug-likeness (QED) is 0.474. The molecule has 0 saturated carbocycles. The lowest BCUT2D eigenvalue weighted by molar-refractivity contribution is 0.0623. The Kier molecular flexibility index (Phi) is 7.65. The molecule has 36 heavy (non-hydrogen) atoms. The summed E-state index contributed by atoms with van der Waals surface area (Å²) in [5, 5.41) is 2.91. The van der Waals surface area contributed by atoms with Gasteiger partial charge in [-0.05, 0) is 30.5 Å². The van der Waals surface area contributed by atoms with Gasteiger partial charge in [-0.1, -0.05) is 48.0 Å². The third kappa shape index (κ3) is 5.45. The predicted molar refractivity (Wildman–Crippen MR) is 139 cm³/mol. The Hall–Kier alpha value is -2.81. The molecule has 0 spiro atoms. The van der Waals surface area contributed by atoms with Crippen molar-refractivity contribution in [1.29, 1.82) is 0 Å². The molecule has 0 bridgehead atoms. The van der Waals surface area contributed by atoms with Crippen LogP contribution < -0.4 is 0 Å². The van der Waals surface area contributed by atoms with E-state index in [0.29, 0.717) is 31.9 Å². The molecule has 3 heterocycles. The summed E-state index contributed by atoms with van der Waals surface area (Å²) in [6, 6.07) is 14.7. The van der Waals surface area contributed by atoms with Gasteiger partial charge in [0.25, 0.3) is 11.8 Å². The van der Waals surface area contributed by atoms with Gasteiger partial charge in [0.15, 0.2) is 0 Å². The first kappa shape index (κ1) is 24.9. The van der Waals surface area contributed by atoms with E-state index in [1.165, 1.54) is 35.1 Å². The van der Waals surface area contributed by atoms with Crippen LogP contribution in [0.3, 0.4) is 0 Å². The van der Waals surface area contributed by atoms with E-state index in [9.17, 15) is 14.0 Å². The molecule has 2 aliphatic heterocycles. The van der Waals surface area contributed by atoms with E-state index in [4.69, 9.17) is 11.6 Å². The second-order valence-corrected chi connectivity index (χ2v) is 10.6. The molecule has 0 unspecified atom stereocenters. The fourth-order valence-corrected chi connectivity index (χ4v) is 6.08. The Morgan fingerprint density at radius 3 is 2.31 bits per heavy atom. The van der Waals surface area contributed by atoms with Crippen LogP contribution in [0.4, 0.5) is 4.39 Å². The number of aromatic nitrogens is 1. The molecule has 1 aromatic heterocycles. The third-order valence-corrected chi connectivity index (χ3v) is 8.28. The first-order chi connectivity index (χ1) is 17.5. The summed E-state index contributed by atoms with van der Waals surface area (Å²) in [6.45, 7) is 4.97. The van der Waals surface area contributed by atoms with Gasteiger partial charge in [-0.3, -0.25) is 14.5 Å². The van der Waals surface area contributed by atoms with Gasteiger partial charge in [0.1, 0.15) is 11.5 Å². The van der Waals surface area contributed by atoms with Crippen LogP contribution in [0.5, 0.6) is 0 Å². The van der Waals surface area contributed by atoms with Crippen molar-refractivity contribution in [3.8, 4) is 0 Å². The van der Waals surface area contributed by atoms with Crippen LogP contribution >= 0.6 is 22.9 Å². The maximum absolute atomic E-state index is 14.2. The smallest absolute Gasteiger partial charge is 0.273 e. The number of hydrogen-bond acceptors (Lipinski definition) is 5. The number of rotatable bonds is 5. The van der Waals surface area contributed by atoms with Crippen LogP contribution in [0.2, 0.25) is 5.02 Å². The van der Waals surface area contributed by atoms with E-state index in [1.807, 2.05) is 16.3 Å². The predicted octanol–water partition coefficient (Wildman–Crippen LogP) is 4.91. The number of likely N-dealkylation sites (tertiary alicyclic amines) is 1. The second-order valence-electron chi connectivity index (χ2n) is 9.29. The number of thiazole rings is 1. The molecule has 0 aliphatic carbocycles. The van der Waals surface area contributed by atoms with Gasteiger partial charge in [0.05, 0.1) is 15.6 Å². The van der Waals surface area contributed by atoms with Crippen LogP contribution in [0.1, 0.15) is 50.2 Å². The Bertz CT molecular complexity index is 1200. The van der Waals surface area contributed by atoms with E-state index in [1.54, 1.807) is 4.90 Å². The molecular weight excluding hydrogens is 499 g/mol. The van der Waals surface area contributed by atoms with Crippen LogP contribution in [0.15, 0.2) is 53.9 Å². The molecule has 3 aromatic rings. The first-order valence-electron chi connectivity index (χ1n) is 12.2. The highest BCUT2D eigenvalue weighted by atomic mass is 35.5. The van der Waals surface area contributed by atoms with E-state index < -0.39 is 5.82 Å². The van der Waals surface area contributed by atoms with Crippen molar-refractivity contribution in [2.75, 3.05) is 39.3 Å². The lowest BCUT2D eigenvalue weighted by Gasteiger charge is -2.34. The zero-order chi connectivity index (χ0) is 25.1. The van der Waals surface area contributed by atoms with Crippen molar-refractivity contribution >= 4 is 34.8 Å². The van der Waals surface area contributed by atoms with Gasteiger partial charge in [-0.15, -0.1) is 11.3 Å². The van der Waals surface area contributed by atoms with Crippen LogP contribution in [-0.2, 0) is 6.54 Å². The minimum absolute atomic E-state index is 0.0151. The third-order valence-electron chi connectivity index (χ3n) is 6.96. The zero-order valence-electron chi connectivity index (χ0n) is 19.9. The monoisotopic (exact) mass is 526 g/mol. The highest BCUT2D eigenvalue weighted by Gasteiger charge is 2.30. The molecule has 2 saturated heterocycles. The summed E-state index contributed by atoms with van der Waals surface area (Å²) in [4.78, 5) is 36.5. The summed E-state index contributed by atoms with van der Waals surface area (Å²) in [5.74, 6) is -0.811. The lowest BCUT2D eigenvalue weighted by Crippen LogP contribution is -2.48.